The molecule has 4 heteroatoms. The van der Waals surface area contributed by atoms with Crippen LogP contribution in [0.25, 0.3) is 0 Å². The monoisotopic (exact) mass is 274 g/mol. The molecule has 2 unspecified atom stereocenters. The number of morpholine rings is 1. The Balaban J connectivity index is 1.78. The molecule has 1 aromatic carbocycles. The lowest BCUT2D eigenvalue weighted by Gasteiger charge is -2.36. The summed E-state index contributed by atoms with van der Waals surface area (Å²) in [6, 6.07) is 6.15. The predicted octanol–water partition coefficient (Wildman–Crippen LogP) is 1.36. The fourth-order valence-electron chi connectivity index (χ4n) is 3.23. The topological polar surface area (TPSA) is 55.6 Å². The van der Waals surface area contributed by atoms with Gasteiger partial charge in [-0.05, 0) is 49.4 Å². The lowest BCUT2D eigenvalue weighted by Crippen LogP contribution is -2.51. The zero-order valence-corrected chi connectivity index (χ0v) is 12.0. The summed E-state index contributed by atoms with van der Waals surface area (Å²) < 4.78 is 5.71. The molecule has 2 N–H and O–H groups in total. The maximum Gasteiger partial charge on any atom is 0.254 e. The Labute approximate surface area is 119 Å². The zero-order valence-electron chi connectivity index (χ0n) is 12.0. The van der Waals surface area contributed by atoms with E-state index in [1.165, 1.54) is 17.5 Å². The molecule has 0 aromatic heterocycles. The van der Waals surface area contributed by atoms with Crippen molar-refractivity contribution < 1.29 is 9.53 Å². The molecule has 108 valence electrons. The molecular formula is C16H22N2O2. The van der Waals surface area contributed by atoms with E-state index in [-0.39, 0.29) is 18.1 Å². The van der Waals surface area contributed by atoms with Gasteiger partial charge >= 0.3 is 0 Å². The van der Waals surface area contributed by atoms with Gasteiger partial charge in [0.2, 0.25) is 0 Å². The smallest absolute Gasteiger partial charge is 0.254 e. The van der Waals surface area contributed by atoms with Crippen LogP contribution in [0.2, 0.25) is 0 Å². The molecule has 1 aliphatic heterocycles. The first-order valence-electron chi connectivity index (χ1n) is 7.44. The van der Waals surface area contributed by atoms with Gasteiger partial charge in [0.05, 0.1) is 12.2 Å². The fraction of sp³-hybridized carbons (Fsp3) is 0.562. The van der Waals surface area contributed by atoms with Crippen LogP contribution in [-0.2, 0) is 17.6 Å². The van der Waals surface area contributed by atoms with Crippen molar-refractivity contribution in [2.45, 2.75) is 38.4 Å². The van der Waals surface area contributed by atoms with Crippen molar-refractivity contribution in [1.29, 1.82) is 0 Å². The number of aryl methyl sites for hydroxylation is 2. The molecule has 0 spiro atoms. The first-order chi connectivity index (χ1) is 9.67. The molecule has 1 aliphatic carbocycles. The molecule has 2 aliphatic rings. The summed E-state index contributed by atoms with van der Waals surface area (Å²) in [6.07, 6.45) is 3.46. The highest BCUT2D eigenvalue weighted by molar-refractivity contribution is 5.94. The van der Waals surface area contributed by atoms with Crippen LogP contribution < -0.4 is 5.73 Å². The number of fused-ring (bicyclic) bond motifs is 1. The summed E-state index contributed by atoms with van der Waals surface area (Å²) in [6.45, 7) is 3.69. The van der Waals surface area contributed by atoms with Gasteiger partial charge < -0.3 is 15.4 Å². The van der Waals surface area contributed by atoms with E-state index in [2.05, 4.69) is 12.1 Å². The van der Waals surface area contributed by atoms with Crippen molar-refractivity contribution in [2.75, 3.05) is 19.6 Å². The average molecular weight is 274 g/mol. The van der Waals surface area contributed by atoms with E-state index in [0.29, 0.717) is 19.6 Å². The minimum atomic E-state index is -0.0443. The van der Waals surface area contributed by atoms with Gasteiger partial charge in [0.1, 0.15) is 0 Å². The molecule has 0 radical (unpaired) electrons. The number of ether oxygens (including phenoxy) is 1. The lowest BCUT2D eigenvalue weighted by atomic mass is 10.0. The minimum Gasteiger partial charge on any atom is -0.370 e. The van der Waals surface area contributed by atoms with Gasteiger partial charge in [-0.2, -0.15) is 0 Å². The van der Waals surface area contributed by atoms with Crippen LogP contribution in [0.4, 0.5) is 0 Å². The molecule has 1 amide bonds. The molecule has 20 heavy (non-hydrogen) atoms. The van der Waals surface area contributed by atoms with Crippen molar-refractivity contribution in [2.24, 2.45) is 5.73 Å². The van der Waals surface area contributed by atoms with Gasteiger partial charge in [-0.15, -0.1) is 0 Å². The second kappa shape index (κ2) is 5.54. The number of hydrogen-bond acceptors (Lipinski definition) is 3. The van der Waals surface area contributed by atoms with Gasteiger partial charge in [-0.1, -0.05) is 6.07 Å². The third kappa shape index (κ3) is 2.58. The second-order valence-corrected chi connectivity index (χ2v) is 5.85. The highest BCUT2D eigenvalue weighted by atomic mass is 16.5. The molecule has 0 saturated carbocycles. The SMILES string of the molecule is CC1CN(C(=O)c2ccc3c(c2)CCC3)CC(CN)O1. The Kier molecular flexibility index (Phi) is 3.76. The molecule has 1 heterocycles. The first-order valence-corrected chi connectivity index (χ1v) is 7.44. The highest BCUT2D eigenvalue weighted by Crippen LogP contribution is 2.24. The maximum absolute atomic E-state index is 12.6. The summed E-state index contributed by atoms with van der Waals surface area (Å²) in [5.74, 6) is 0.105. The summed E-state index contributed by atoms with van der Waals surface area (Å²) in [7, 11) is 0. The Morgan fingerprint density at radius 3 is 2.95 bits per heavy atom. The molecule has 1 fully saturated rings. The molecule has 0 bridgehead atoms. The van der Waals surface area contributed by atoms with Gasteiger partial charge in [0, 0.05) is 25.2 Å². The average Bonchev–Trinajstić information content (AvgIpc) is 2.93. The number of carbonyl (C=O) groups excluding carboxylic acids is 1. The predicted molar refractivity (Wildman–Crippen MR) is 77.8 cm³/mol. The maximum atomic E-state index is 12.6. The highest BCUT2D eigenvalue weighted by Gasteiger charge is 2.28. The summed E-state index contributed by atoms with van der Waals surface area (Å²) in [4.78, 5) is 14.5. The molecule has 4 nitrogen and oxygen atoms in total. The minimum absolute atomic E-state index is 0.0443. The zero-order chi connectivity index (χ0) is 14.1. The third-order valence-corrected chi connectivity index (χ3v) is 4.22. The van der Waals surface area contributed by atoms with Crippen LogP contribution in [0, 0.1) is 0 Å². The molecular weight excluding hydrogens is 252 g/mol. The summed E-state index contributed by atoms with van der Waals surface area (Å²) in [5, 5.41) is 0. The van der Waals surface area contributed by atoms with Crippen molar-refractivity contribution >= 4 is 5.91 Å². The Hall–Kier alpha value is -1.39. The number of nitrogens with zero attached hydrogens (tertiary/aromatic N) is 1. The standard InChI is InChI=1S/C16H22N2O2/c1-11-9-18(10-15(8-17)20-11)16(19)14-6-5-12-3-2-4-13(12)7-14/h5-7,11,15H,2-4,8-10,17H2,1H3. The van der Waals surface area contributed by atoms with Crippen LogP contribution in [0.1, 0.15) is 34.8 Å². The van der Waals surface area contributed by atoms with Gasteiger partial charge in [0.15, 0.2) is 0 Å². The van der Waals surface area contributed by atoms with Gasteiger partial charge in [-0.3, -0.25) is 4.79 Å². The normalized spacial score (nSPS) is 25.6. The number of nitrogens with two attached hydrogens (primary N) is 1. The van der Waals surface area contributed by atoms with Crippen LogP contribution in [0.5, 0.6) is 0 Å². The van der Waals surface area contributed by atoms with E-state index in [1.54, 1.807) is 0 Å². The van der Waals surface area contributed by atoms with Crippen LogP contribution in [0.3, 0.4) is 0 Å². The van der Waals surface area contributed by atoms with Gasteiger partial charge in [0.25, 0.3) is 5.91 Å². The fourth-order valence-corrected chi connectivity index (χ4v) is 3.23. The van der Waals surface area contributed by atoms with E-state index >= 15 is 0 Å². The third-order valence-electron chi connectivity index (χ3n) is 4.22. The van der Waals surface area contributed by atoms with Crippen molar-refractivity contribution in [3.63, 3.8) is 0 Å². The Bertz CT molecular complexity index is 515. The van der Waals surface area contributed by atoms with E-state index in [1.807, 2.05) is 17.9 Å². The molecule has 2 atom stereocenters. The number of carbonyl (C=O) groups is 1. The molecule has 1 aromatic rings. The molecule has 3 rings (SSSR count). The van der Waals surface area contributed by atoms with Crippen LogP contribution in [-0.4, -0.2) is 42.6 Å². The summed E-state index contributed by atoms with van der Waals surface area (Å²) in [5.41, 5.74) is 9.22. The second-order valence-electron chi connectivity index (χ2n) is 5.85. The van der Waals surface area contributed by atoms with E-state index < -0.39 is 0 Å². The Morgan fingerprint density at radius 1 is 1.35 bits per heavy atom. The number of hydrogen-bond donors (Lipinski definition) is 1. The van der Waals surface area contributed by atoms with E-state index in [0.717, 1.165) is 18.4 Å². The van der Waals surface area contributed by atoms with E-state index in [9.17, 15) is 4.79 Å². The van der Waals surface area contributed by atoms with Gasteiger partial charge in [-0.25, -0.2) is 0 Å². The number of benzene rings is 1. The number of amides is 1. The van der Waals surface area contributed by atoms with Crippen molar-refractivity contribution in [3.8, 4) is 0 Å². The molecule has 1 saturated heterocycles. The van der Waals surface area contributed by atoms with Crippen LogP contribution in [0.15, 0.2) is 18.2 Å². The van der Waals surface area contributed by atoms with Crippen LogP contribution >= 0.6 is 0 Å². The van der Waals surface area contributed by atoms with E-state index in [4.69, 9.17) is 10.5 Å². The number of rotatable bonds is 2. The van der Waals surface area contributed by atoms with Crippen molar-refractivity contribution in [1.82, 2.24) is 4.90 Å². The van der Waals surface area contributed by atoms with Crippen molar-refractivity contribution in [3.05, 3.63) is 34.9 Å². The largest absolute Gasteiger partial charge is 0.370 e. The first kappa shape index (κ1) is 13.6. The Morgan fingerprint density at radius 2 is 2.15 bits per heavy atom. The summed E-state index contributed by atoms with van der Waals surface area (Å²) >= 11 is 0. The lowest BCUT2D eigenvalue weighted by molar-refractivity contribution is -0.0625. The quantitative estimate of drug-likeness (QED) is 0.886.